The summed E-state index contributed by atoms with van der Waals surface area (Å²) in [5, 5.41) is 6.35. The molecule has 28 heavy (non-hydrogen) atoms. The summed E-state index contributed by atoms with van der Waals surface area (Å²) in [4.78, 5) is 26.0. The lowest BCUT2D eigenvalue weighted by molar-refractivity contribution is -0.119. The van der Waals surface area contributed by atoms with Gasteiger partial charge >= 0.3 is 0 Å². The molecule has 0 aliphatic rings. The normalized spacial score (nSPS) is 10.5. The maximum Gasteiger partial charge on any atom is 0.238 e. The molecule has 7 nitrogen and oxygen atoms in total. The summed E-state index contributed by atoms with van der Waals surface area (Å²) in [5.74, 6) is 0.233. The van der Waals surface area contributed by atoms with Crippen LogP contribution in [0.2, 0.25) is 10.0 Å². The van der Waals surface area contributed by atoms with Crippen molar-refractivity contribution in [3.8, 4) is 11.5 Å². The molecule has 0 atom stereocenters. The lowest BCUT2D eigenvalue weighted by Gasteiger charge is -2.17. The number of benzene rings is 2. The van der Waals surface area contributed by atoms with E-state index >= 15 is 0 Å². The molecule has 2 rings (SSSR count). The van der Waals surface area contributed by atoms with E-state index < -0.39 is 0 Å². The lowest BCUT2D eigenvalue weighted by atomic mass is 10.2. The Morgan fingerprint density at radius 2 is 1.61 bits per heavy atom. The number of halogens is 2. The maximum absolute atomic E-state index is 12.3. The molecule has 9 heteroatoms. The summed E-state index contributed by atoms with van der Waals surface area (Å²) in [7, 11) is 4.61. The molecule has 0 aliphatic heterocycles. The van der Waals surface area contributed by atoms with Crippen LogP contribution in [0.5, 0.6) is 11.5 Å². The minimum Gasteiger partial charge on any atom is -0.495 e. The van der Waals surface area contributed by atoms with Crippen LogP contribution in [0.3, 0.4) is 0 Å². The highest BCUT2D eigenvalue weighted by atomic mass is 35.5. The van der Waals surface area contributed by atoms with Gasteiger partial charge in [-0.15, -0.1) is 0 Å². The van der Waals surface area contributed by atoms with E-state index in [2.05, 4.69) is 10.6 Å². The molecule has 0 aromatic heterocycles. The number of anilines is 2. The molecule has 0 heterocycles. The third-order valence-corrected chi connectivity index (χ3v) is 4.21. The Morgan fingerprint density at radius 3 is 2.21 bits per heavy atom. The van der Waals surface area contributed by atoms with Gasteiger partial charge in [-0.05, 0) is 25.2 Å². The zero-order valence-corrected chi connectivity index (χ0v) is 17.2. The first-order valence-corrected chi connectivity index (χ1v) is 9.03. The lowest BCUT2D eigenvalue weighted by Crippen LogP contribution is -2.36. The number of hydrogen-bond acceptors (Lipinski definition) is 5. The summed E-state index contributed by atoms with van der Waals surface area (Å²) >= 11 is 11.9. The maximum atomic E-state index is 12.3. The van der Waals surface area contributed by atoms with Crippen molar-refractivity contribution in [3.05, 3.63) is 46.4 Å². The highest BCUT2D eigenvalue weighted by molar-refractivity contribution is 6.32. The van der Waals surface area contributed by atoms with Gasteiger partial charge in [0, 0.05) is 22.8 Å². The summed E-state index contributed by atoms with van der Waals surface area (Å²) in [6, 6.07) is 9.96. The van der Waals surface area contributed by atoms with Gasteiger partial charge in [0.05, 0.1) is 38.0 Å². The molecule has 150 valence electrons. The molecular formula is C19H21Cl2N3O4. The van der Waals surface area contributed by atoms with Crippen LogP contribution in [0.1, 0.15) is 0 Å². The highest BCUT2D eigenvalue weighted by Gasteiger charge is 2.15. The van der Waals surface area contributed by atoms with Gasteiger partial charge in [-0.1, -0.05) is 29.3 Å². The Kier molecular flexibility index (Phi) is 7.92. The predicted octanol–water partition coefficient (Wildman–Crippen LogP) is 3.52. The van der Waals surface area contributed by atoms with Crippen molar-refractivity contribution in [2.24, 2.45) is 0 Å². The second-order valence-corrected chi connectivity index (χ2v) is 6.81. The fraction of sp³-hybridized carbons (Fsp3) is 0.263. The van der Waals surface area contributed by atoms with Crippen LogP contribution in [0.15, 0.2) is 36.4 Å². The SMILES string of the molecule is COc1cc(NC(=O)CN(C)CC(=O)Nc2cccc(Cl)c2)c(OC)cc1Cl. The first kappa shape index (κ1) is 21.8. The predicted molar refractivity (Wildman–Crippen MR) is 111 cm³/mol. The van der Waals surface area contributed by atoms with Crippen LogP contribution in [-0.4, -0.2) is 51.1 Å². The topological polar surface area (TPSA) is 79.9 Å². The van der Waals surface area contributed by atoms with E-state index in [9.17, 15) is 9.59 Å². The van der Waals surface area contributed by atoms with E-state index in [4.69, 9.17) is 32.7 Å². The number of ether oxygens (including phenoxy) is 2. The first-order chi connectivity index (χ1) is 13.3. The highest BCUT2D eigenvalue weighted by Crippen LogP contribution is 2.35. The van der Waals surface area contributed by atoms with Crippen LogP contribution >= 0.6 is 23.2 Å². The van der Waals surface area contributed by atoms with Crippen LogP contribution < -0.4 is 20.1 Å². The molecule has 0 bridgehead atoms. The van der Waals surface area contributed by atoms with Gasteiger partial charge in [0.15, 0.2) is 0 Å². The molecule has 0 saturated carbocycles. The zero-order chi connectivity index (χ0) is 20.7. The van der Waals surface area contributed by atoms with Crippen molar-refractivity contribution in [1.29, 1.82) is 0 Å². The fourth-order valence-electron chi connectivity index (χ4n) is 2.46. The van der Waals surface area contributed by atoms with Crippen molar-refractivity contribution in [1.82, 2.24) is 4.90 Å². The monoisotopic (exact) mass is 425 g/mol. The molecule has 2 aromatic rings. The van der Waals surface area contributed by atoms with Crippen molar-refractivity contribution >= 4 is 46.4 Å². The number of hydrogen-bond donors (Lipinski definition) is 2. The number of nitrogens with zero attached hydrogens (tertiary/aromatic N) is 1. The average molecular weight is 426 g/mol. The molecule has 0 spiro atoms. The van der Waals surface area contributed by atoms with Crippen molar-refractivity contribution in [2.75, 3.05) is 45.0 Å². The van der Waals surface area contributed by atoms with E-state index in [1.807, 2.05) is 0 Å². The third kappa shape index (κ3) is 6.30. The second kappa shape index (κ2) is 10.2. The van der Waals surface area contributed by atoms with Crippen LogP contribution in [0, 0.1) is 0 Å². The van der Waals surface area contributed by atoms with Crippen molar-refractivity contribution < 1.29 is 19.1 Å². The van der Waals surface area contributed by atoms with Crippen LogP contribution in [-0.2, 0) is 9.59 Å². The summed E-state index contributed by atoms with van der Waals surface area (Å²) in [5.41, 5.74) is 1.01. The van der Waals surface area contributed by atoms with Crippen molar-refractivity contribution in [2.45, 2.75) is 0 Å². The van der Waals surface area contributed by atoms with E-state index in [1.165, 1.54) is 14.2 Å². The zero-order valence-electron chi connectivity index (χ0n) is 15.7. The van der Waals surface area contributed by atoms with Gasteiger partial charge in [-0.25, -0.2) is 0 Å². The third-order valence-electron chi connectivity index (χ3n) is 3.68. The number of likely N-dealkylation sites (N-methyl/N-ethyl adjacent to an activating group) is 1. The molecule has 0 radical (unpaired) electrons. The Balaban J connectivity index is 1.92. The van der Waals surface area contributed by atoms with E-state index in [0.717, 1.165) is 0 Å². The summed E-state index contributed by atoms with van der Waals surface area (Å²) in [6.45, 7) is 0.0259. The van der Waals surface area contributed by atoms with E-state index in [1.54, 1.807) is 48.3 Å². The molecule has 0 saturated heterocycles. The van der Waals surface area contributed by atoms with E-state index in [0.29, 0.717) is 32.9 Å². The minimum atomic E-state index is -0.319. The number of carbonyl (C=O) groups is 2. The quantitative estimate of drug-likeness (QED) is 0.676. The molecular weight excluding hydrogens is 405 g/mol. The number of amides is 2. The Morgan fingerprint density at radius 1 is 0.964 bits per heavy atom. The number of carbonyl (C=O) groups excluding carboxylic acids is 2. The van der Waals surface area contributed by atoms with Crippen LogP contribution in [0.4, 0.5) is 11.4 Å². The Bertz CT molecular complexity index is 861. The Hall–Kier alpha value is -2.48. The first-order valence-electron chi connectivity index (χ1n) is 8.27. The van der Waals surface area contributed by atoms with Gasteiger partial charge in [-0.3, -0.25) is 14.5 Å². The molecule has 2 aromatic carbocycles. The fourth-order valence-corrected chi connectivity index (χ4v) is 2.88. The smallest absolute Gasteiger partial charge is 0.238 e. The molecule has 0 aliphatic carbocycles. The standard InChI is InChI=1S/C19H21Cl2N3O4/c1-24(10-18(25)22-13-6-4-5-12(20)7-13)11-19(26)23-15-9-16(27-2)14(21)8-17(15)28-3/h4-9H,10-11H2,1-3H3,(H,22,25)(H,23,26). The average Bonchev–Trinajstić information content (AvgIpc) is 2.62. The molecule has 0 fully saturated rings. The summed E-state index contributed by atoms with van der Waals surface area (Å²) in [6.07, 6.45) is 0. The largest absolute Gasteiger partial charge is 0.495 e. The number of methoxy groups -OCH3 is 2. The van der Waals surface area contributed by atoms with Gasteiger partial charge in [0.2, 0.25) is 11.8 Å². The number of nitrogens with one attached hydrogen (secondary N) is 2. The number of rotatable bonds is 8. The minimum absolute atomic E-state index is 0.00291. The van der Waals surface area contributed by atoms with Gasteiger partial charge in [0.1, 0.15) is 11.5 Å². The second-order valence-electron chi connectivity index (χ2n) is 5.97. The summed E-state index contributed by atoms with van der Waals surface area (Å²) < 4.78 is 10.4. The van der Waals surface area contributed by atoms with Crippen LogP contribution in [0.25, 0.3) is 0 Å². The molecule has 2 N–H and O–H groups in total. The Labute approximate surface area is 173 Å². The molecule has 0 unspecified atom stereocenters. The van der Waals surface area contributed by atoms with E-state index in [-0.39, 0.29) is 24.9 Å². The van der Waals surface area contributed by atoms with Gasteiger partial charge in [-0.2, -0.15) is 0 Å². The van der Waals surface area contributed by atoms with Crippen molar-refractivity contribution in [3.63, 3.8) is 0 Å². The molecule has 2 amide bonds. The van der Waals surface area contributed by atoms with Gasteiger partial charge in [0.25, 0.3) is 0 Å². The van der Waals surface area contributed by atoms with Gasteiger partial charge < -0.3 is 20.1 Å².